The molecule has 0 saturated carbocycles. The summed E-state index contributed by atoms with van der Waals surface area (Å²) in [5, 5.41) is 23.7. The first-order valence-corrected chi connectivity index (χ1v) is 16.1. The fourth-order valence-electron chi connectivity index (χ4n) is 4.14. The molecule has 0 saturated heterocycles. The molecule has 4 aromatic rings. The van der Waals surface area contributed by atoms with E-state index in [4.69, 9.17) is 14.4 Å². The number of benzene rings is 2. The minimum atomic E-state index is -1.47. The topological polar surface area (TPSA) is 204 Å². The zero-order valence-corrected chi connectivity index (χ0v) is 28.8. The lowest BCUT2D eigenvalue weighted by atomic mass is 10.2. The number of carboxylic acid groups (broad SMARTS) is 2. The van der Waals surface area contributed by atoms with Crippen LogP contribution in [0.5, 0.6) is 0 Å². The monoisotopic (exact) mass is 706 g/mol. The lowest BCUT2D eigenvalue weighted by Crippen LogP contribution is -2.39. The fraction of sp³-hybridized carbons (Fsp3) is 0.278. The van der Waals surface area contributed by atoms with E-state index in [0.717, 1.165) is 24.3 Å². The molecule has 2 aromatic heterocycles. The molecule has 0 spiro atoms. The number of nitrogens with zero attached hydrogens (tertiary/aromatic N) is 2. The molecule has 272 valence electrons. The van der Waals surface area contributed by atoms with Gasteiger partial charge in [0.2, 0.25) is 0 Å². The van der Waals surface area contributed by atoms with E-state index in [1.165, 1.54) is 0 Å². The second kappa shape index (κ2) is 21.7. The quantitative estimate of drug-likeness (QED) is 0.125. The van der Waals surface area contributed by atoms with Crippen LogP contribution in [-0.4, -0.2) is 69.7 Å². The highest BCUT2D eigenvalue weighted by Gasteiger charge is 2.21. The van der Waals surface area contributed by atoms with E-state index in [9.17, 15) is 39.0 Å². The molecule has 2 heterocycles. The van der Waals surface area contributed by atoms with Crippen molar-refractivity contribution in [3.63, 3.8) is 0 Å². The Morgan fingerprint density at radius 3 is 1.25 bits per heavy atom. The van der Waals surface area contributed by atoms with E-state index in [1.807, 2.05) is 27.7 Å². The number of rotatable bonds is 16. The van der Waals surface area contributed by atoms with Crippen molar-refractivity contribution in [2.24, 2.45) is 0 Å². The first-order chi connectivity index (χ1) is 24.7. The summed E-state index contributed by atoms with van der Waals surface area (Å²) in [5.41, 5.74) is -2.24. The van der Waals surface area contributed by atoms with Gasteiger partial charge < -0.3 is 35.3 Å². The third-order valence-electron chi connectivity index (χ3n) is 6.48. The second-order valence-electron chi connectivity index (χ2n) is 9.72. The van der Waals surface area contributed by atoms with Crippen molar-refractivity contribution in [3.8, 4) is 0 Å². The Bertz CT molecular complexity index is 1720. The number of hydrogen-bond acceptors (Lipinski definition) is 9. The fourth-order valence-corrected chi connectivity index (χ4v) is 4.14. The van der Waals surface area contributed by atoms with Crippen LogP contribution in [0.15, 0.2) is 94.5 Å². The third-order valence-corrected chi connectivity index (χ3v) is 6.48. The molecule has 0 unspecified atom stereocenters. The van der Waals surface area contributed by atoms with Crippen molar-refractivity contribution in [2.45, 2.75) is 40.9 Å². The standard InChI is InChI=1S/C32H30N4O11.2C2H6/c37-27(25-13-11-23(31(41)42)29(39)35(25)46-19-21-7-3-1-4-8-21)33-15-17-45-18-16-34-28(38)26-14-12-24(32(43)44)30(40)36(26)47-20-22-9-5-2-6-10-22;2*1-2/h1-14H,15-20H2,(H,33,37)(H,34,38)(H,41,42)(H,43,44);2*1-2H3. The summed E-state index contributed by atoms with van der Waals surface area (Å²) in [7, 11) is 0. The molecule has 0 aliphatic heterocycles. The molecule has 4 N–H and O–H groups in total. The number of ether oxygens (including phenoxy) is 1. The molecule has 0 aliphatic carbocycles. The molecule has 0 radical (unpaired) electrons. The molecule has 0 aliphatic rings. The number of pyridine rings is 2. The van der Waals surface area contributed by atoms with Gasteiger partial charge in [0.05, 0.1) is 13.2 Å². The Morgan fingerprint density at radius 2 is 0.922 bits per heavy atom. The number of carbonyl (C=O) groups is 4. The summed E-state index contributed by atoms with van der Waals surface area (Å²) in [4.78, 5) is 85.0. The van der Waals surface area contributed by atoms with Gasteiger partial charge in [-0.2, -0.15) is 0 Å². The van der Waals surface area contributed by atoms with Crippen LogP contribution in [0, 0.1) is 0 Å². The van der Waals surface area contributed by atoms with Gasteiger partial charge in [-0.05, 0) is 35.4 Å². The van der Waals surface area contributed by atoms with Crippen molar-refractivity contribution >= 4 is 23.8 Å². The minimum Gasteiger partial charge on any atom is -0.477 e. The number of aromatic carboxylic acids is 2. The van der Waals surface area contributed by atoms with Gasteiger partial charge in [-0.15, -0.1) is 9.46 Å². The van der Waals surface area contributed by atoms with Crippen molar-refractivity contribution in [1.29, 1.82) is 0 Å². The molecular weight excluding hydrogens is 664 g/mol. The van der Waals surface area contributed by atoms with Crippen LogP contribution in [0.1, 0.15) is 80.5 Å². The Labute approximate surface area is 293 Å². The molecule has 51 heavy (non-hydrogen) atoms. The summed E-state index contributed by atoms with van der Waals surface area (Å²) >= 11 is 0. The molecular formula is C36H42N4O11. The van der Waals surface area contributed by atoms with Gasteiger partial charge in [0.15, 0.2) is 0 Å². The highest BCUT2D eigenvalue weighted by molar-refractivity contribution is 5.94. The number of aromatic nitrogens is 2. The summed E-state index contributed by atoms with van der Waals surface area (Å²) < 4.78 is 6.71. The predicted molar refractivity (Wildman–Crippen MR) is 187 cm³/mol. The van der Waals surface area contributed by atoms with Crippen LogP contribution >= 0.6 is 0 Å². The van der Waals surface area contributed by atoms with Crippen LogP contribution in [0.4, 0.5) is 0 Å². The van der Waals surface area contributed by atoms with Gasteiger partial charge in [-0.3, -0.25) is 19.2 Å². The molecule has 2 amide bonds. The van der Waals surface area contributed by atoms with Crippen LogP contribution in [0.3, 0.4) is 0 Å². The lowest BCUT2D eigenvalue weighted by molar-refractivity contribution is 0.0623. The maximum absolute atomic E-state index is 12.8. The van der Waals surface area contributed by atoms with Gasteiger partial charge >= 0.3 is 11.9 Å². The molecule has 0 fully saturated rings. The van der Waals surface area contributed by atoms with E-state index in [2.05, 4.69) is 10.6 Å². The highest BCUT2D eigenvalue weighted by atomic mass is 16.7. The Hall–Kier alpha value is -6.22. The number of nitrogens with one attached hydrogen (secondary N) is 2. The summed E-state index contributed by atoms with van der Waals surface area (Å²) in [5.74, 6) is -4.39. The predicted octanol–water partition coefficient (Wildman–Crippen LogP) is 2.89. The van der Waals surface area contributed by atoms with Crippen molar-refractivity contribution in [3.05, 3.63) is 139 Å². The van der Waals surface area contributed by atoms with Crippen molar-refractivity contribution < 1.29 is 43.8 Å². The molecule has 0 bridgehead atoms. The summed E-state index contributed by atoms with van der Waals surface area (Å²) in [6.45, 7) is 7.79. The van der Waals surface area contributed by atoms with Crippen LogP contribution in [-0.2, 0) is 18.0 Å². The van der Waals surface area contributed by atoms with E-state index < -0.39 is 46.0 Å². The van der Waals surface area contributed by atoms with E-state index >= 15 is 0 Å². The van der Waals surface area contributed by atoms with Gasteiger partial charge in [0.1, 0.15) is 35.7 Å². The van der Waals surface area contributed by atoms with Gasteiger partial charge in [0.25, 0.3) is 22.9 Å². The average molecular weight is 707 g/mol. The number of hydrogen-bond donors (Lipinski definition) is 4. The Balaban J connectivity index is 0.00000217. The van der Waals surface area contributed by atoms with Gasteiger partial charge in [-0.25, -0.2) is 9.59 Å². The highest BCUT2D eigenvalue weighted by Crippen LogP contribution is 2.05. The molecule has 0 atom stereocenters. The van der Waals surface area contributed by atoms with E-state index in [0.29, 0.717) is 20.6 Å². The SMILES string of the molecule is CC.CC.O=C(O)c1ccc(C(=O)NCCOCCNC(=O)c2ccc(C(=O)O)c(=O)n2OCc2ccccc2)n(OCc2ccccc2)c1=O. The van der Waals surface area contributed by atoms with Gasteiger partial charge in [0, 0.05) is 13.1 Å². The van der Waals surface area contributed by atoms with Crippen LogP contribution in [0.2, 0.25) is 0 Å². The third kappa shape index (κ3) is 12.0. The smallest absolute Gasteiger partial charge is 0.341 e. The normalized spacial score (nSPS) is 9.96. The Morgan fingerprint density at radius 1 is 0.569 bits per heavy atom. The zero-order valence-electron chi connectivity index (χ0n) is 28.8. The second-order valence-corrected chi connectivity index (χ2v) is 9.72. The average Bonchev–Trinajstić information content (AvgIpc) is 3.15. The summed E-state index contributed by atoms with van der Waals surface area (Å²) in [6.07, 6.45) is 0. The van der Waals surface area contributed by atoms with Crippen molar-refractivity contribution in [2.75, 3.05) is 26.3 Å². The first kappa shape index (κ1) is 41.0. The molecule has 15 heteroatoms. The van der Waals surface area contributed by atoms with Crippen molar-refractivity contribution in [1.82, 2.24) is 20.1 Å². The van der Waals surface area contributed by atoms with E-state index in [1.54, 1.807) is 60.7 Å². The van der Waals surface area contributed by atoms with Gasteiger partial charge in [-0.1, -0.05) is 88.4 Å². The number of amides is 2. The molecule has 15 nitrogen and oxygen atoms in total. The Kier molecular flexibility index (Phi) is 17.4. The first-order valence-electron chi connectivity index (χ1n) is 16.1. The van der Waals surface area contributed by atoms with Crippen LogP contribution < -0.4 is 31.4 Å². The van der Waals surface area contributed by atoms with E-state index in [-0.39, 0.29) is 50.9 Å². The lowest BCUT2D eigenvalue weighted by Gasteiger charge is -2.15. The zero-order chi connectivity index (χ0) is 37.8. The maximum atomic E-state index is 12.8. The minimum absolute atomic E-state index is 0.00211. The van der Waals surface area contributed by atoms with Crippen LogP contribution in [0.25, 0.3) is 0 Å². The maximum Gasteiger partial charge on any atom is 0.341 e. The summed E-state index contributed by atoms with van der Waals surface area (Å²) in [6, 6.07) is 21.9. The largest absolute Gasteiger partial charge is 0.477 e. The molecule has 2 aromatic carbocycles. The number of carboxylic acids is 2. The molecule has 4 rings (SSSR count). The number of carbonyl (C=O) groups excluding carboxylic acids is 2.